The van der Waals surface area contributed by atoms with Gasteiger partial charge in [-0.25, -0.2) is 4.79 Å². The molecule has 0 aromatic rings. The minimum atomic E-state index is -1.12. The second kappa shape index (κ2) is 14.2. The lowest BCUT2D eigenvalue weighted by Gasteiger charge is -2.29. The maximum absolute atomic E-state index is 13.0. The number of carbonyl (C=O) groups excluding carboxylic acids is 3. The number of hydrogen-bond acceptors (Lipinski definition) is 6. The number of carboxylic acids is 1. The van der Waals surface area contributed by atoms with Gasteiger partial charge in [0.25, 0.3) is 0 Å². The Balaban J connectivity index is 5.49. The Bertz CT molecular complexity index is 588. The van der Waals surface area contributed by atoms with E-state index in [0.29, 0.717) is 18.6 Å². The molecular formula is C20H38N4O5S. The Morgan fingerprint density at radius 1 is 0.867 bits per heavy atom. The molecule has 0 heterocycles. The maximum Gasteiger partial charge on any atom is 0.326 e. The molecule has 0 aliphatic rings. The lowest BCUT2D eigenvalue weighted by molar-refractivity contribution is -0.142. The van der Waals surface area contributed by atoms with Crippen LogP contribution in [0.5, 0.6) is 0 Å². The van der Waals surface area contributed by atoms with Crippen LogP contribution in [0.1, 0.15) is 53.9 Å². The largest absolute Gasteiger partial charge is 0.480 e. The summed E-state index contributed by atoms with van der Waals surface area (Å²) in [5, 5.41) is 17.3. The van der Waals surface area contributed by atoms with Gasteiger partial charge in [0.05, 0.1) is 6.04 Å². The number of carbonyl (C=O) groups is 4. The molecule has 0 aromatic carbocycles. The molecule has 0 radical (unpaired) electrons. The van der Waals surface area contributed by atoms with Gasteiger partial charge in [0.15, 0.2) is 0 Å². The third-order valence-corrected chi connectivity index (χ3v) is 5.87. The zero-order valence-electron chi connectivity index (χ0n) is 18.9. The molecule has 9 nitrogen and oxygen atoms in total. The fourth-order valence-corrected chi connectivity index (χ4v) is 3.16. The minimum Gasteiger partial charge on any atom is -0.480 e. The summed E-state index contributed by atoms with van der Waals surface area (Å²) in [4.78, 5) is 49.3. The summed E-state index contributed by atoms with van der Waals surface area (Å²) in [5.41, 5.74) is 5.60. The van der Waals surface area contributed by atoms with Crippen LogP contribution in [0, 0.1) is 11.8 Å². The predicted molar refractivity (Wildman–Crippen MR) is 119 cm³/mol. The van der Waals surface area contributed by atoms with Crippen molar-refractivity contribution in [3.8, 4) is 0 Å². The van der Waals surface area contributed by atoms with Crippen LogP contribution in [0.25, 0.3) is 0 Å². The smallest absolute Gasteiger partial charge is 0.326 e. The van der Waals surface area contributed by atoms with Crippen molar-refractivity contribution in [1.29, 1.82) is 0 Å². The van der Waals surface area contributed by atoms with E-state index in [0.717, 1.165) is 0 Å². The summed E-state index contributed by atoms with van der Waals surface area (Å²) in [7, 11) is 0. The van der Waals surface area contributed by atoms with E-state index in [1.165, 1.54) is 18.7 Å². The van der Waals surface area contributed by atoms with Crippen LogP contribution in [-0.2, 0) is 19.2 Å². The molecule has 0 aliphatic heterocycles. The molecule has 174 valence electrons. The van der Waals surface area contributed by atoms with Crippen LogP contribution in [0.3, 0.4) is 0 Å². The summed E-state index contributed by atoms with van der Waals surface area (Å²) >= 11 is 1.49. The van der Waals surface area contributed by atoms with Crippen molar-refractivity contribution in [2.24, 2.45) is 17.6 Å². The zero-order chi connectivity index (χ0) is 23.4. The van der Waals surface area contributed by atoms with Crippen LogP contribution < -0.4 is 21.7 Å². The number of rotatable bonds is 14. The van der Waals surface area contributed by atoms with Gasteiger partial charge in [-0.1, -0.05) is 40.5 Å². The van der Waals surface area contributed by atoms with Crippen LogP contribution in [-0.4, -0.2) is 65.0 Å². The second-order valence-electron chi connectivity index (χ2n) is 7.71. The Kier molecular flexibility index (Phi) is 13.4. The van der Waals surface area contributed by atoms with Gasteiger partial charge >= 0.3 is 5.97 Å². The number of hydrogen-bond donors (Lipinski definition) is 5. The summed E-state index contributed by atoms with van der Waals surface area (Å²) in [6.07, 6.45) is 3.37. The molecule has 0 rings (SSSR count). The fraction of sp³-hybridized carbons (Fsp3) is 0.800. The van der Waals surface area contributed by atoms with Gasteiger partial charge in [0, 0.05) is 0 Å². The number of amides is 3. The van der Waals surface area contributed by atoms with Gasteiger partial charge < -0.3 is 26.8 Å². The average molecular weight is 447 g/mol. The van der Waals surface area contributed by atoms with Crippen molar-refractivity contribution in [2.45, 2.75) is 78.0 Å². The van der Waals surface area contributed by atoms with E-state index in [4.69, 9.17) is 5.73 Å². The molecule has 6 unspecified atom stereocenters. The molecule has 0 spiro atoms. The van der Waals surface area contributed by atoms with Gasteiger partial charge in [-0.2, -0.15) is 11.8 Å². The van der Waals surface area contributed by atoms with E-state index in [2.05, 4.69) is 16.0 Å². The summed E-state index contributed by atoms with van der Waals surface area (Å²) < 4.78 is 0. The highest BCUT2D eigenvalue weighted by Gasteiger charge is 2.33. The van der Waals surface area contributed by atoms with Gasteiger partial charge in [-0.05, 0) is 37.2 Å². The summed E-state index contributed by atoms with van der Waals surface area (Å²) in [5.74, 6) is -2.44. The average Bonchev–Trinajstić information content (AvgIpc) is 2.70. The Morgan fingerprint density at radius 2 is 1.30 bits per heavy atom. The number of thioether (sulfide) groups is 1. The van der Waals surface area contributed by atoms with Crippen molar-refractivity contribution in [3.63, 3.8) is 0 Å². The lowest BCUT2D eigenvalue weighted by atomic mass is 9.94. The number of aliphatic carboxylic acids is 1. The number of nitrogens with two attached hydrogens (primary N) is 1. The van der Waals surface area contributed by atoms with Gasteiger partial charge in [-0.15, -0.1) is 0 Å². The van der Waals surface area contributed by atoms with Gasteiger partial charge in [0.1, 0.15) is 18.1 Å². The summed E-state index contributed by atoms with van der Waals surface area (Å²) in [6, 6.07) is -3.57. The Hall–Kier alpha value is -1.81. The van der Waals surface area contributed by atoms with Crippen molar-refractivity contribution in [2.75, 3.05) is 12.0 Å². The number of nitrogens with one attached hydrogen (secondary N) is 3. The van der Waals surface area contributed by atoms with Crippen LogP contribution >= 0.6 is 11.8 Å². The first kappa shape index (κ1) is 28.2. The minimum absolute atomic E-state index is 0.179. The Labute approximate surface area is 183 Å². The van der Waals surface area contributed by atoms with E-state index >= 15 is 0 Å². The van der Waals surface area contributed by atoms with E-state index in [1.807, 2.05) is 27.0 Å². The molecule has 0 aliphatic carbocycles. The van der Waals surface area contributed by atoms with E-state index < -0.39 is 47.9 Å². The van der Waals surface area contributed by atoms with Crippen LogP contribution in [0.4, 0.5) is 0 Å². The lowest BCUT2D eigenvalue weighted by Crippen LogP contribution is -2.59. The highest BCUT2D eigenvalue weighted by Crippen LogP contribution is 2.13. The second-order valence-corrected chi connectivity index (χ2v) is 8.70. The molecule has 6 atom stereocenters. The topological polar surface area (TPSA) is 151 Å². The van der Waals surface area contributed by atoms with Crippen molar-refractivity contribution >= 4 is 35.5 Å². The first-order valence-corrected chi connectivity index (χ1v) is 11.8. The third-order valence-electron chi connectivity index (χ3n) is 5.23. The monoisotopic (exact) mass is 446 g/mol. The molecule has 30 heavy (non-hydrogen) atoms. The molecule has 3 amide bonds. The van der Waals surface area contributed by atoms with Crippen LogP contribution in [0.2, 0.25) is 0 Å². The number of carboxylic acid groups (broad SMARTS) is 1. The van der Waals surface area contributed by atoms with E-state index in [1.54, 1.807) is 6.92 Å². The highest BCUT2D eigenvalue weighted by molar-refractivity contribution is 7.98. The Morgan fingerprint density at radius 3 is 1.67 bits per heavy atom. The van der Waals surface area contributed by atoms with Crippen molar-refractivity contribution in [1.82, 2.24) is 16.0 Å². The zero-order valence-corrected chi connectivity index (χ0v) is 19.7. The fourth-order valence-electron chi connectivity index (χ4n) is 2.69. The van der Waals surface area contributed by atoms with Crippen molar-refractivity contribution < 1.29 is 24.3 Å². The van der Waals surface area contributed by atoms with Crippen molar-refractivity contribution in [3.05, 3.63) is 0 Å². The van der Waals surface area contributed by atoms with Gasteiger partial charge in [-0.3, -0.25) is 14.4 Å². The molecule has 0 saturated heterocycles. The van der Waals surface area contributed by atoms with Crippen LogP contribution in [0.15, 0.2) is 0 Å². The molecule has 10 heteroatoms. The maximum atomic E-state index is 13.0. The molecule has 0 fully saturated rings. The van der Waals surface area contributed by atoms with E-state index in [-0.39, 0.29) is 18.3 Å². The van der Waals surface area contributed by atoms with Gasteiger partial charge in [0.2, 0.25) is 17.7 Å². The first-order valence-electron chi connectivity index (χ1n) is 10.4. The predicted octanol–water partition coefficient (Wildman–Crippen LogP) is 0.718. The third kappa shape index (κ3) is 9.34. The highest BCUT2D eigenvalue weighted by atomic mass is 32.2. The molecule has 0 aromatic heterocycles. The molecule has 6 N–H and O–H groups in total. The summed E-state index contributed by atoms with van der Waals surface area (Å²) in [6.45, 7) is 8.93. The molecule has 0 saturated carbocycles. The molecule has 0 bridgehead atoms. The van der Waals surface area contributed by atoms with E-state index in [9.17, 15) is 24.3 Å². The normalized spacial score (nSPS) is 17.0. The standard InChI is InChI=1S/C20H38N4O5S/c1-7-11(3)15(18(26)22-14(20(28)29)9-10-30-6)24-19(27)16(12(4)8-2)23-17(25)13(5)21/h11-16H,7-10,21H2,1-6H3,(H,22,26)(H,23,25)(H,24,27)(H,28,29). The first-order chi connectivity index (χ1) is 14.0. The quantitative estimate of drug-likeness (QED) is 0.264. The SMILES string of the molecule is CCC(C)C(NC(=O)C(C)N)C(=O)NC(C(=O)NC(CCSC)C(=O)O)C(C)CC. The molecular weight excluding hydrogens is 408 g/mol.